The van der Waals surface area contributed by atoms with Crippen molar-refractivity contribution in [3.63, 3.8) is 0 Å². The first-order chi connectivity index (χ1) is 14.0. The fourth-order valence-corrected chi connectivity index (χ4v) is 3.48. The van der Waals surface area contributed by atoms with Gasteiger partial charge in [0.2, 0.25) is 0 Å². The van der Waals surface area contributed by atoms with Gasteiger partial charge in [-0.2, -0.15) is 0 Å². The molecule has 7 heteroatoms. The van der Waals surface area contributed by atoms with Crippen molar-refractivity contribution in [2.75, 3.05) is 17.2 Å². The van der Waals surface area contributed by atoms with Gasteiger partial charge in [0.25, 0.3) is 5.91 Å². The lowest BCUT2D eigenvalue weighted by Gasteiger charge is -2.14. The number of anilines is 2. The summed E-state index contributed by atoms with van der Waals surface area (Å²) < 4.78 is 26.8. The molecule has 0 saturated heterocycles. The highest BCUT2D eigenvalue weighted by Crippen LogP contribution is 2.26. The van der Waals surface area contributed by atoms with Crippen LogP contribution in [0, 0.1) is 17.6 Å². The number of carbonyl (C=O) groups is 1. The van der Waals surface area contributed by atoms with Crippen LogP contribution in [0.5, 0.6) is 0 Å². The molecule has 1 unspecified atom stereocenters. The lowest BCUT2D eigenvalue weighted by atomic mass is 10.1. The van der Waals surface area contributed by atoms with E-state index in [1.54, 1.807) is 17.5 Å². The van der Waals surface area contributed by atoms with Crippen molar-refractivity contribution in [1.29, 1.82) is 0 Å². The van der Waals surface area contributed by atoms with Gasteiger partial charge in [0.05, 0.1) is 11.3 Å². The van der Waals surface area contributed by atoms with Crippen LogP contribution >= 0.6 is 11.3 Å². The highest BCUT2D eigenvalue weighted by atomic mass is 32.1. The molecule has 1 atom stereocenters. The molecule has 0 radical (unpaired) electrons. The monoisotopic (exact) mass is 415 g/mol. The summed E-state index contributed by atoms with van der Waals surface area (Å²) in [5, 5.41) is 8.14. The van der Waals surface area contributed by atoms with E-state index in [1.807, 2.05) is 0 Å². The first-order valence-corrected chi connectivity index (χ1v) is 10.4. The molecule has 2 aromatic carbocycles. The molecule has 1 amide bonds. The summed E-state index contributed by atoms with van der Waals surface area (Å²) in [7, 11) is 0. The maximum absolute atomic E-state index is 13.7. The number of hydrogen-bond donors (Lipinski definition) is 2. The van der Waals surface area contributed by atoms with Crippen LogP contribution in [-0.4, -0.2) is 17.4 Å². The molecule has 0 bridgehead atoms. The molecular formula is C22H23F2N3OS. The highest BCUT2D eigenvalue weighted by Gasteiger charge is 2.15. The molecule has 0 aliphatic heterocycles. The Bertz CT molecular complexity index is 972. The van der Waals surface area contributed by atoms with Gasteiger partial charge >= 0.3 is 0 Å². The molecule has 0 aliphatic rings. The molecule has 3 rings (SSSR count). The number of nitrogens with zero attached hydrogens (tertiary/aromatic N) is 1. The Balaban J connectivity index is 1.71. The van der Waals surface area contributed by atoms with Crippen LogP contribution in [0.4, 0.5) is 19.6 Å². The van der Waals surface area contributed by atoms with Crippen molar-refractivity contribution in [2.24, 2.45) is 5.92 Å². The molecule has 2 N–H and O–H groups in total. The average Bonchev–Trinajstić information content (AvgIpc) is 3.16. The van der Waals surface area contributed by atoms with Crippen molar-refractivity contribution < 1.29 is 13.6 Å². The summed E-state index contributed by atoms with van der Waals surface area (Å²) in [6.45, 7) is 4.94. The largest absolute Gasteiger partial charge is 0.384 e. The standard InChI is InChI=1S/C22H23F2N3OS/c1-3-14(2)10-11-25-19-12-17(24)8-9-18(19)21(28)27-22-26-20(13-29-22)15-4-6-16(23)7-5-15/h4-9,12-14,25H,3,10-11H2,1-2H3,(H,26,27,28). The Labute approximate surface area is 173 Å². The second kappa shape index (κ2) is 9.60. The smallest absolute Gasteiger partial charge is 0.259 e. The molecule has 29 heavy (non-hydrogen) atoms. The van der Waals surface area contributed by atoms with E-state index >= 15 is 0 Å². The van der Waals surface area contributed by atoms with Crippen molar-refractivity contribution in [1.82, 2.24) is 4.98 Å². The number of thiazole rings is 1. The maximum atomic E-state index is 13.7. The van der Waals surface area contributed by atoms with Crippen molar-refractivity contribution in [3.05, 3.63) is 65.0 Å². The predicted molar refractivity (Wildman–Crippen MR) is 114 cm³/mol. The number of nitrogens with one attached hydrogen (secondary N) is 2. The number of benzene rings is 2. The SMILES string of the molecule is CCC(C)CCNc1cc(F)ccc1C(=O)Nc1nc(-c2ccc(F)cc2)cs1. The minimum atomic E-state index is -0.402. The fourth-order valence-electron chi connectivity index (χ4n) is 2.77. The summed E-state index contributed by atoms with van der Waals surface area (Å²) in [6, 6.07) is 10.1. The number of rotatable bonds is 8. The van der Waals surface area contributed by atoms with Crippen LogP contribution in [0.15, 0.2) is 47.8 Å². The zero-order valence-corrected chi connectivity index (χ0v) is 17.2. The van der Waals surface area contributed by atoms with Gasteiger partial charge in [-0.3, -0.25) is 10.1 Å². The highest BCUT2D eigenvalue weighted by molar-refractivity contribution is 7.14. The quantitative estimate of drug-likeness (QED) is 0.461. The first-order valence-electron chi connectivity index (χ1n) is 9.52. The summed E-state index contributed by atoms with van der Waals surface area (Å²) >= 11 is 1.27. The van der Waals surface area contributed by atoms with Gasteiger partial charge in [-0.05, 0) is 54.8 Å². The zero-order valence-electron chi connectivity index (χ0n) is 16.3. The first kappa shape index (κ1) is 20.9. The molecule has 0 spiro atoms. The molecular weight excluding hydrogens is 392 g/mol. The van der Waals surface area contributed by atoms with E-state index < -0.39 is 5.82 Å². The van der Waals surface area contributed by atoms with Crippen LogP contribution in [0.1, 0.15) is 37.0 Å². The molecule has 1 heterocycles. The van der Waals surface area contributed by atoms with Crippen LogP contribution in [0.2, 0.25) is 0 Å². The third-order valence-corrected chi connectivity index (χ3v) is 5.50. The minimum Gasteiger partial charge on any atom is -0.384 e. The van der Waals surface area contributed by atoms with E-state index in [4.69, 9.17) is 0 Å². The molecule has 0 aliphatic carbocycles. The van der Waals surface area contributed by atoms with E-state index in [-0.39, 0.29) is 11.7 Å². The second-order valence-corrected chi connectivity index (χ2v) is 7.78. The van der Waals surface area contributed by atoms with Crippen LogP contribution in [0.25, 0.3) is 11.3 Å². The Morgan fingerprint density at radius 3 is 2.59 bits per heavy atom. The van der Waals surface area contributed by atoms with E-state index in [9.17, 15) is 13.6 Å². The van der Waals surface area contributed by atoms with E-state index in [0.29, 0.717) is 34.5 Å². The number of hydrogen-bond acceptors (Lipinski definition) is 4. The molecule has 1 aromatic heterocycles. The average molecular weight is 416 g/mol. The second-order valence-electron chi connectivity index (χ2n) is 6.92. The number of amides is 1. The van der Waals surface area contributed by atoms with Crippen LogP contribution < -0.4 is 10.6 Å². The number of aromatic nitrogens is 1. The van der Waals surface area contributed by atoms with Gasteiger partial charge in [-0.1, -0.05) is 20.3 Å². The van der Waals surface area contributed by atoms with E-state index in [2.05, 4.69) is 29.5 Å². The summed E-state index contributed by atoms with van der Waals surface area (Å²) in [5.41, 5.74) is 2.23. The Morgan fingerprint density at radius 2 is 1.86 bits per heavy atom. The normalized spacial score (nSPS) is 11.9. The van der Waals surface area contributed by atoms with E-state index in [1.165, 1.54) is 41.7 Å². The lowest BCUT2D eigenvalue weighted by Crippen LogP contribution is -2.16. The lowest BCUT2D eigenvalue weighted by molar-refractivity contribution is 0.102. The zero-order chi connectivity index (χ0) is 20.8. The van der Waals surface area contributed by atoms with Crippen molar-refractivity contribution in [2.45, 2.75) is 26.7 Å². The third kappa shape index (κ3) is 5.60. The Hall–Kier alpha value is -2.80. The van der Waals surface area contributed by atoms with Gasteiger partial charge in [0.1, 0.15) is 11.6 Å². The van der Waals surface area contributed by atoms with E-state index in [0.717, 1.165) is 18.4 Å². The number of halogens is 2. The summed E-state index contributed by atoms with van der Waals surface area (Å²) in [4.78, 5) is 17.1. The predicted octanol–water partition coefficient (Wildman–Crippen LogP) is 6.19. The van der Waals surface area contributed by atoms with Crippen LogP contribution in [-0.2, 0) is 0 Å². The fraction of sp³-hybridized carbons (Fsp3) is 0.273. The summed E-state index contributed by atoms with van der Waals surface area (Å²) in [6.07, 6.45) is 2.00. The Kier molecular flexibility index (Phi) is 6.93. The van der Waals surface area contributed by atoms with Gasteiger partial charge in [0.15, 0.2) is 5.13 Å². The Morgan fingerprint density at radius 1 is 1.14 bits per heavy atom. The third-order valence-electron chi connectivity index (χ3n) is 4.74. The summed E-state index contributed by atoms with van der Waals surface area (Å²) in [5.74, 6) is -0.535. The molecule has 152 valence electrons. The van der Waals surface area contributed by atoms with Gasteiger partial charge in [-0.25, -0.2) is 13.8 Å². The molecule has 0 saturated carbocycles. The topological polar surface area (TPSA) is 54.0 Å². The maximum Gasteiger partial charge on any atom is 0.259 e. The molecule has 4 nitrogen and oxygen atoms in total. The van der Waals surface area contributed by atoms with Gasteiger partial charge < -0.3 is 5.32 Å². The van der Waals surface area contributed by atoms with Crippen LogP contribution in [0.3, 0.4) is 0 Å². The van der Waals surface area contributed by atoms with Crippen molar-refractivity contribution >= 4 is 28.1 Å². The minimum absolute atomic E-state index is 0.317. The van der Waals surface area contributed by atoms with Crippen molar-refractivity contribution in [3.8, 4) is 11.3 Å². The molecule has 3 aromatic rings. The van der Waals surface area contributed by atoms with Gasteiger partial charge in [-0.15, -0.1) is 11.3 Å². The number of carbonyl (C=O) groups excluding carboxylic acids is 1. The van der Waals surface area contributed by atoms with Gasteiger partial charge in [0, 0.05) is 23.2 Å². The molecule has 0 fully saturated rings.